The van der Waals surface area contributed by atoms with E-state index < -0.39 is 0 Å². The maximum atomic E-state index is 12.3. The maximum absolute atomic E-state index is 12.3. The zero-order chi connectivity index (χ0) is 22.3. The third-order valence-electron chi connectivity index (χ3n) is 5.74. The Labute approximate surface area is 195 Å². The Balaban J connectivity index is 1.29. The average Bonchev–Trinajstić information content (AvgIpc) is 2.81. The number of carbonyl (C=O) groups excluding carboxylic acids is 1. The lowest BCUT2D eigenvalue weighted by atomic mass is 10.0. The van der Waals surface area contributed by atoms with Gasteiger partial charge in [0.25, 0.3) is 0 Å². The van der Waals surface area contributed by atoms with Crippen LogP contribution in [-0.2, 0) is 11.3 Å². The normalized spacial score (nSPS) is 15.2. The number of likely N-dealkylation sites (N-methyl/N-ethyl adjacent to an activating group) is 1. The van der Waals surface area contributed by atoms with Gasteiger partial charge in [-0.15, -0.1) is 0 Å². The van der Waals surface area contributed by atoms with Gasteiger partial charge in [-0.1, -0.05) is 60.1 Å². The minimum Gasteiger partial charge on any atom is -0.323 e. The lowest BCUT2D eigenvalue weighted by Crippen LogP contribution is -2.43. The molecular formula is C27H28ClN3O. The van der Waals surface area contributed by atoms with Crippen LogP contribution >= 0.6 is 11.6 Å². The summed E-state index contributed by atoms with van der Waals surface area (Å²) in [6.07, 6.45) is 3.39. The van der Waals surface area contributed by atoms with E-state index in [-0.39, 0.29) is 5.91 Å². The van der Waals surface area contributed by atoms with Gasteiger partial charge < -0.3 is 10.2 Å². The van der Waals surface area contributed by atoms with Gasteiger partial charge in [0.15, 0.2) is 0 Å². The number of rotatable bonds is 6. The third kappa shape index (κ3) is 6.30. The SMILES string of the molecule is CN1CCN(Cc2ccc(NC(=O)C=Cc3ccc(-c4ccc(Cl)cc4)cc3)cc2)CC1. The Morgan fingerprint density at radius 2 is 1.47 bits per heavy atom. The van der Waals surface area contributed by atoms with Crippen LogP contribution in [0.4, 0.5) is 5.69 Å². The molecule has 0 aromatic heterocycles. The average molecular weight is 446 g/mol. The molecule has 1 aliphatic rings. The number of nitrogens with zero attached hydrogens (tertiary/aromatic N) is 2. The summed E-state index contributed by atoms with van der Waals surface area (Å²) in [5.41, 5.74) is 5.27. The van der Waals surface area contributed by atoms with Crippen molar-refractivity contribution in [2.45, 2.75) is 6.54 Å². The number of hydrogen-bond donors (Lipinski definition) is 1. The molecule has 0 aliphatic carbocycles. The Hall–Kier alpha value is -2.92. The quantitative estimate of drug-likeness (QED) is 0.515. The Morgan fingerprint density at radius 1 is 0.875 bits per heavy atom. The topological polar surface area (TPSA) is 35.6 Å². The van der Waals surface area contributed by atoms with E-state index in [2.05, 4.69) is 34.3 Å². The van der Waals surface area contributed by atoms with Gasteiger partial charge in [0.2, 0.25) is 5.91 Å². The molecule has 0 unspecified atom stereocenters. The second-order valence-corrected chi connectivity index (χ2v) is 8.66. The highest BCUT2D eigenvalue weighted by Gasteiger charge is 2.13. The highest BCUT2D eigenvalue weighted by molar-refractivity contribution is 6.30. The van der Waals surface area contributed by atoms with Crippen LogP contribution in [0.2, 0.25) is 5.02 Å². The van der Waals surface area contributed by atoms with Crippen LogP contribution in [0, 0.1) is 0 Å². The molecule has 3 aromatic rings. The number of benzene rings is 3. The van der Waals surface area contributed by atoms with Crippen molar-refractivity contribution in [3.05, 3.63) is 95.0 Å². The van der Waals surface area contributed by atoms with Crippen molar-refractivity contribution in [3.63, 3.8) is 0 Å². The molecule has 4 nitrogen and oxygen atoms in total. The monoisotopic (exact) mass is 445 g/mol. The molecule has 3 aromatic carbocycles. The molecule has 164 valence electrons. The van der Waals surface area contributed by atoms with E-state index in [0.717, 1.165) is 60.1 Å². The molecule has 0 atom stereocenters. The molecule has 5 heteroatoms. The van der Waals surface area contributed by atoms with E-state index in [1.54, 1.807) is 6.08 Å². The van der Waals surface area contributed by atoms with Crippen molar-refractivity contribution >= 4 is 29.3 Å². The highest BCUT2D eigenvalue weighted by atomic mass is 35.5. The molecule has 0 radical (unpaired) electrons. The van der Waals surface area contributed by atoms with Crippen LogP contribution in [0.1, 0.15) is 11.1 Å². The first-order valence-corrected chi connectivity index (χ1v) is 11.3. The minimum absolute atomic E-state index is 0.140. The predicted octanol–water partition coefficient (Wildman–Crippen LogP) is 5.41. The van der Waals surface area contributed by atoms with Gasteiger partial charge >= 0.3 is 0 Å². The smallest absolute Gasteiger partial charge is 0.248 e. The summed E-state index contributed by atoms with van der Waals surface area (Å²) in [4.78, 5) is 17.1. The van der Waals surface area contributed by atoms with Crippen LogP contribution in [0.5, 0.6) is 0 Å². The summed E-state index contributed by atoms with van der Waals surface area (Å²) < 4.78 is 0. The summed E-state index contributed by atoms with van der Waals surface area (Å²) in [6, 6.07) is 24.0. The van der Waals surface area contributed by atoms with E-state index in [1.807, 2.05) is 66.7 Å². The lowest BCUT2D eigenvalue weighted by molar-refractivity contribution is -0.111. The fraction of sp³-hybridized carbons (Fsp3) is 0.222. The first-order valence-electron chi connectivity index (χ1n) is 10.9. The van der Waals surface area contributed by atoms with Crippen molar-refractivity contribution in [2.24, 2.45) is 0 Å². The van der Waals surface area contributed by atoms with E-state index in [0.29, 0.717) is 0 Å². The molecule has 0 bridgehead atoms. The minimum atomic E-state index is -0.140. The summed E-state index contributed by atoms with van der Waals surface area (Å²) in [7, 11) is 2.17. The molecular weight excluding hydrogens is 418 g/mol. The molecule has 4 rings (SSSR count). The summed E-state index contributed by atoms with van der Waals surface area (Å²) in [5, 5.41) is 3.66. The Kier molecular flexibility index (Phi) is 7.38. The van der Waals surface area contributed by atoms with E-state index in [1.165, 1.54) is 5.56 Å². The predicted molar refractivity (Wildman–Crippen MR) is 134 cm³/mol. The first-order chi connectivity index (χ1) is 15.5. The number of anilines is 1. The van der Waals surface area contributed by atoms with Crippen molar-refractivity contribution in [1.29, 1.82) is 0 Å². The number of amides is 1. The number of piperazine rings is 1. The van der Waals surface area contributed by atoms with Crippen LogP contribution in [-0.4, -0.2) is 48.9 Å². The molecule has 0 saturated carbocycles. The molecule has 1 heterocycles. The van der Waals surface area contributed by atoms with Crippen LogP contribution in [0.25, 0.3) is 17.2 Å². The molecule has 1 aliphatic heterocycles. The Morgan fingerprint density at radius 3 is 2.09 bits per heavy atom. The van der Waals surface area contributed by atoms with Gasteiger partial charge in [0.05, 0.1) is 0 Å². The van der Waals surface area contributed by atoms with E-state index in [4.69, 9.17) is 11.6 Å². The summed E-state index contributed by atoms with van der Waals surface area (Å²) >= 11 is 5.95. The zero-order valence-electron chi connectivity index (χ0n) is 18.3. The summed E-state index contributed by atoms with van der Waals surface area (Å²) in [5.74, 6) is -0.140. The number of nitrogens with one attached hydrogen (secondary N) is 1. The van der Waals surface area contributed by atoms with Gasteiger partial charge in [-0.3, -0.25) is 9.69 Å². The fourth-order valence-corrected chi connectivity index (χ4v) is 3.87. The van der Waals surface area contributed by atoms with Crippen LogP contribution in [0.15, 0.2) is 78.9 Å². The van der Waals surface area contributed by atoms with Crippen molar-refractivity contribution in [3.8, 4) is 11.1 Å². The molecule has 0 spiro atoms. The third-order valence-corrected chi connectivity index (χ3v) is 5.99. The van der Waals surface area contributed by atoms with E-state index >= 15 is 0 Å². The summed E-state index contributed by atoms with van der Waals surface area (Å²) in [6.45, 7) is 5.38. The molecule has 1 amide bonds. The van der Waals surface area contributed by atoms with Gasteiger partial charge in [0.1, 0.15) is 0 Å². The highest BCUT2D eigenvalue weighted by Crippen LogP contribution is 2.22. The van der Waals surface area contributed by atoms with Crippen molar-refractivity contribution in [1.82, 2.24) is 9.80 Å². The van der Waals surface area contributed by atoms with Gasteiger partial charge in [-0.25, -0.2) is 0 Å². The number of halogens is 1. The van der Waals surface area contributed by atoms with E-state index in [9.17, 15) is 4.79 Å². The van der Waals surface area contributed by atoms with Gasteiger partial charge in [0, 0.05) is 49.5 Å². The van der Waals surface area contributed by atoms with Gasteiger partial charge in [-0.2, -0.15) is 0 Å². The molecule has 1 fully saturated rings. The second-order valence-electron chi connectivity index (χ2n) is 8.23. The lowest BCUT2D eigenvalue weighted by Gasteiger charge is -2.32. The zero-order valence-corrected chi connectivity index (χ0v) is 19.1. The maximum Gasteiger partial charge on any atom is 0.248 e. The largest absolute Gasteiger partial charge is 0.323 e. The fourth-order valence-electron chi connectivity index (χ4n) is 3.74. The molecule has 1 saturated heterocycles. The van der Waals surface area contributed by atoms with Crippen LogP contribution in [0.3, 0.4) is 0 Å². The first kappa shape index (κ1) is 22.3. The second kappa shape index (κ2) is 10.6. The number of hydrogen-bond acceptors (Lipinski definition) is 3. The van der Waals surface area contributed by atoms with Crippen molar-refractivity contribution in [2.75, 3.05) is 38.5 Å². The number of carbonyl (C=O) groups is 1. The molecule has 32 heavy (non-hydrogen) atoms. The Bertz CT molecular complexity index is 1050. The van der Waals surface area contributed by atoms with Crippen LogP contribution < -0.4 is 5.32 Å². The van der Waals surface area contributed by atoms with Crippen molar-refractivity contribution < 1.29 is 4.79 Å². The standard InChI is InChI=1S/C27H28ClN3O/c1-30-16-18-31(19-17-30)20-22-4-13-26(14-5-22)29-27(32)15-6-21-2-7-23(8-3-21)24-9-11-25(28)12-10-24/h2-15H,16-20H2,1H3,(H,29,32). The molecule has 1 N–H and O–H groups in total. The van der Waals surface area contributed by atoms with Gasteiger partial charge in [-0.05, 0) is 59.6 Å².